The van der Waals surface area contributed by atoms with Gasteiger partial charge in [0.25, 0.3) is 35.4 Å². The van der Waals surface area contributed by atoms with Gasteiger partial charge in [0.2, 0.25) is 17.7 Å². The molecule has 6 aromatic carbocycles. The number of hydrogen-bond donors (Lipinski definition) is 3. The molecule has 0 saturated heterocycles. The van der Waals surface area contributed by atoms with Crippen LogP contribution in [0, 0.1) is 34.0 Å². The van der Waals surface area contributed by atoms with Crippen molar-refractivity contribution in [2.75, 3.05) is 197 Å². The van der Waals surface area contributed by atoms with E-state index in [1.165, 1.54) is 57.2 Å². The van der Waals surface area contributed by atoms with Crippen molar-refractivity contribution in [1.82, 2.24) is 14.7 Å². The molecule has 0 spiro atoms. The Labute approximate surface area is 672 Å². The fraction of sp³-hybridized carbons (Fsp3) is 0.407. The van der Waals surface area contributed by atoms with Crippen LogP contribution in [-0.4, -0.2) is 234 Å². The number of benzene rings is 6. The lowest BCUT2D eigenvalue weighted by molar-refractivity contribution is -0.115. The first-order chi connectivity index (χ1) is 56.0. The largest absolute Gasteiger partial charge is 0.383 e. The number of carbonyl (C=O) groups is 9. The van der Waals surface area contributed by atoms with Gasteiger partial charge in [0.15, 0.2) is 0 Å². The summed E-state index contributed by atoms with van der Waals surface area (Å²) in [5.74, 6) is -3.52. The van der Waals surface area contributed by atoms with Gasteiger partial charge in [0.1, 0.15) is 52.3 Å². The first kappa shape index (κ1) is 90.7. The summed E-state index contributed by atoms with van der Waals surface area (Å²) in [6.45, 7) is 23.5. The highest BCUT2D eigenvalue weighted by Gasteiger charge is 2.38. The third kappa shape index (κ3) is 24.3. The van der Waals surface area contributed by atoms with Crippen molar-refractivity contribution in [2.45, 2.75) is 55.4 Å². The number of imide groups is 3. The fourth-order valence-electron chi connectivity index (χ4n) is 12.0. The Kier molecular flexibility index (Phi) is 36.0. The van der Waals surface area contributed by atoms with Crippen LogP contribution in [0.25, 0.3) is 0 Å². The number of ether oxygens (including phenoxy) is 8. The summed E-state index contributed by atoms with van der Waals surface area (Å²) >= 11 is 0. The molecule has 0 bridgehead atoms. The van der Waals surface area contributed by atoms with Gasteiger partial charge in [-0.3, -0.25) is 57.9 Å². The molecule has 0 fully saturated rings. The third-order valence-corrected chi connectivity index (χ3v) is 17.8. The molecule has 3 aliphatic heterocycles. The Hall–Kier alpha value is -12.5. The number of fused-ring (bicyclic) bond motifs is 3. The van der Waals surface area contributed by atoms with Gasteiger partial charge in [-0.25, -0.2) is 0 Å². The average Bonchev–Trinajstić information content (AvgIpc) is 1.63. The molecule has 0 aromatic heterocycles. The van der Waals surface area contributed by atoms with E-state index in [-0.39, 0.29) is 104 Å². The number of nitrogens with zero attached hydrogens (tertiary/aromatic N) is 15. The van der Waals surface area contributed by atoms with Gasteiger partial charge in [-0.05, 0) is 126 Å². The lowest BCUT2D eigenvalue weighted by Crippen LogP contribution is -2.31. The van der Waals surface area contributed by atoms with Gasteiger partial charge < -0.3 is 68.5 Å². The van der Waals surface area contributed by atoms with Gasteiger partial charge in [-0.15, -0.1) is 30.7 Å². The van der Waals surface area contributed by atoms with Gasteiger partial charge in [-0.2, -0.15) is 15.8 Å². The zero-order valence-electron chi connectivity index (χ0n) is 67.2. The predicted octanol–water partition coefficient (Wildman–Crippen LogP) is 11.8. The van der Waals surface area contributed by atoms with Crippen LogP contribution in [-0.2, 0) is 52.3 Å². The van der Waals surface area contributed by atoms with E-state index in [4.69, 9.17) is 37.9 Å². The molecule has 3 aliphatic rings. The van der Waals surface area contributed by atoms with E-state index >= 15 is 0 Å². The molecule has 35 nitrogen and oxygen atoms in total. The minimum absolute atomic E-state index is 0.100. The molecule has 9 rings (SSSR count). The molecule has 9 amide bonds. The molecular weight excluding hydrogens is 1500 g/mol. The van der Waals surface area contributed by atoms with Crippen LogP contribution in [0.5, 0.6) is 0 Å². The molecule has 116 heavy (non-hydrogen) atoms. The average molecular weight is 1590 g/mol. The van der Waals surface area contributed by atoms with E-state index in [2.05, 4.69) is 61.3 Å². The lowest BCUT2D eigenvalue weighted by atomic mass is 10.0. The first-order valence-corrected chi connectivity index (χ1v) is 37.4. The quantitative estimate of drug-likeness (QED) is 0.0182. The Balaban J connectivity index is 0.000000242. The summed E-state index contributed by atoms with van der Waals surface area (Å²) in [4.78, 5) is 121. The molecule has 6 aromatic rings. The number of azo groups is 3. The van der Waals surface area contributed by atoms with E-state index in [1.807, 2.05) is 50.3 Å². The van der Waals surface area contributed by atoms with E-state index in [1.54, 1.807) is 85.6 Å². The number of nitriles is 3. The van der Waals surface area contributed by atoms with E-state index in [9.17, 15) is 58.9 Å². The van der Waals surface area contributed by atoms with Gasteiger partial charge in [-0.1, -0.05) is 0 Å². The Morgan fingerprint density at radius 3 is 0.836 bits per heavy atom. The molecule has 0 saturated carbocycles. The molecule has 0 atom stereocenters. The van der Waals surface area contributed by atoms with Crippen molar-refractivity contribution in [3.63, 3.8) is 0 Å². The van der Waals surface area contributed by atoms with E-state index < -0.39 is 35.4 Å². The number of hydrogen-bond acceptors (Lipinski definition) is 29. The Morgan fingerprint density at radius 1 is 0.336 bits per heavy atom. The van der Waals surface area contributed by atoms with Crippen LogP contribution in [0.15, 0.2) is 122 Å². The van der Waals surface area contributed by atoms with Crippen LogP contribution in [0.2, 0.25) is 0 Å². The maximum atomic E-state index is 12.7. The number of carbonyl (C=O) groups excluding carboxylic acids is 9. The third-order valence-electron chi connectivity index (χ3n) is 17.8. The lowest BCUT2D eigenvalue weighted by Gasteiger charge is -2.25. The molecule has 0 unspecified atom stereocenters. The molecule has 612 valence electrons. The SMILES string of the molecule is CCN1C(=O)c2cc(C#N)c(N=Nc3ccc(N(CCOC)CCOC)cc3NC(C)=O)cc2C1=O.CCOCCN(CCOC)c1ccc(N=Nc2cc3c(cc2C#N)C(=O)N(CC)C3=O)c(NC(C)=O)c1.CCOCCOCCN(CCOCCOC)c1ccc(N=Nc2cc3c(cc2C#N)C(=O)N(CC)C3=O)c(NC(C)=O)c1. The standard InChI is InChI=1S/C30H38N6O7.C26H30N6O5.C25H28N6O5/c1-5-36-29(38)24-17-22(20-31)27(19-25(24)30(36)39)34-33-26-8-7-23(18-28(26)32-21(3)37)35(9-11-42-14-13-40-4)10-12-43-16-15-41-6-2;1-5-32-25(34)20-13-18(16-27)23(15-21(20)26(32)35)30-29-22-8-7-19(14-24(22)28-17(3)33)31(9-11-36-4)10-12-37-6-2;1-5-31-24(33)19-12-17(15-26)22(14-20(19)25(31)34)29-28-21-7-6-18(13-23(21)27-16(2)32)30(8-10-35-3)9-11-36-4/h7-8,17-19H,5-6,9-16H2,1-4H3,(H,32,37);7-8,13-15H,5-6,9-12H2,1-4H3,(H,28,33);6-7,12-14H,5,8-11H2,1-4H3,(H,27,32). The van der Waals surface area contributed by atoms with Gasteiger partial charge >= 0.3 is 0 Å². The van der Waals surface area contributed by atoms with Gasteiger partial charge in [0.05, 0.1) is 133 Å². The van der Waals surface area contributed by atoms with E-state index in [0.29, 0.717) is 153 Å². The summed E-state index contributed by atoms with van der Waals surface area (Å²) in [6, 6.07) is 30.3. The number of methoxy groups -OCH3 is 4. The molecule has 3 heterocycles. The minimum Gasteiger partial charge on any atom is -0.383 e. The second kappa shape index (κ2) is 46.0. The van der Waals surface area contributed by atoms with Crippen LogP contribution < -0.4 is 30.7 Å². The highest BCUT2D eigenvalue weighted by molar-refractivity contribution is 6.23. The Morgan fingerprint density at radius 2 is 0.578 bits per heavy atom. The maximum Gasteiger partial charge on any atom is 0.261 e. The smallest absolute Gasteiger partial charge is 0.261 e. The normalized spacial score (nSPS) is 12.6. The molecule has 0 aliphatic carbocycles. The topological polar surface area (TPSA) is 429 Å². The minimum atomic E-state index is -0.445. The van der Waals surface area contributed by atoms with Crippen LogP contribution in [0.3, 0.4) is 0 Å². The summed E-state index contributed by atoms with van der Waals surface area (Å²) in [6.07, 6.45) is 0. The van der Waals surface area contributed by atoms with Crippen molar-refractivity contribution >= 4 is 121 Å². The number of rotatable bonds is 41. The maximum absolute atomic E-state index is 12.7. The highest BCUT2D eigenvalue weighted by Crippen LogP contribution is 2.39. The summed E-state index contributed by atoms with van der Waals surface area (Å²) in [5.41, 5.74) is 6.56. The Bertz CT molecular complexity index is 4770. The summed E-state index contributed by atoms with van der Waals surface area (Å²) in [7, 11) is 6.49. The molecule has 3 N–H and O–H groups in total. The van der Waals surface area contributed by atoms with Crippen molar-refractivity contribution in [2.24, 2.45) is 30.7 Å². The molecular formula is C81H96N18O17. The number of nitrogens with one attached hydrogen (secondary N) is 3. The predicted molar refractivity (Wildman–Crippen MR) is 430 cm³/mol. The zero-order valence-corrected chi connectivity index (χ0v) is 67.2. The second-order valence-corrected chi connectivity index (χ2v) is 25.4. The molecule has 35 heteroatoms. The summed E-state index contributed by atoms with van der Waals surface area (Å²) < 4.78 is 42.9. The zero-order chi connectivity index (χ0) is 84.4. The van der Waals surface area contributed by atoms with Crippen molar-refractivity contribution in [3.8, 4) is 18.2 Å². The number of anilines is 6. The van der Waals surface area contributed by atoms with E-state index in [0.717, 1.165) is 31.8 Å². The van der Waals surface area contributed by atoms with Gasteiger partial charge in [0, 0.05) is 138 Å². The molecule has 0 radical (unpaired) electrons. The van der Waals surface area contributed by atoms with Crippen LogP contribution in [0.4, 0.5) is 68.2 Å². The van der Waals surface area contributed by atoms with Crippen molar-refractivity contribution in [1.29, 1.82) is 15.8 Å². The summed E-state index contributed by atoms with van der Waals surface area (Å²) in [5, 5.41) is 62.7. The van der Waals surface area contributed by atoms with Crippen molar-refractivity contribution in [3.05, 3.63) is 141 Å². The van der Waals surface area contributed by atoms with Crippen molar-refractivity contribution < 1.29 is 81.0 Å². The van der Waals surface area contributed by atoms with Crippen LogP contribution in [0.1, 0.15) is 134 Å². The van der Waals surface area contributed by atoms with Crippen LogP contribution >= 0.6 is 0 Å². The second-order valence-electron chi connectivity index (χ2n) is 25.4. The fourth-order valence-corrected chi connectivity index (χ4v) is 12.0. The first-order valence-electron chi connectivity index (χ1n) is 37.4. The highest BCUT2D eigenvalue weighted by atomic mass is 16.5. The number of amides is 9. The monoisotopic (exact) mass is 1590 g/mol.